The maximum absolute atomic E-state index is 8.46. The number of benzene rings is 1. The van der Waals surface area contributed by atoms with Crippen molar-refractivity contribution in [2.45, 2.75) is 12.5 Å². The van der Waals surface area contributed by atoms with Gasteiger partial charge in [-0.3, -0.25) is 0 Å². The Bertz CT molecular complexity index is 324. The molecule has 0 aliphatic rings. The predicted molar refractivity (Wildman–Crippen MR) is 53.6 cm³/mol. The van der Waals surface area contributed by atoms with Gasteiger partial charge in [0.05, 0.1) is 12.5 Å². The fourth-order valence-corrected chi connectivity index (χ4v) is 1.74. The van der Waals surface area contributed by atoms with Gasteiger partial charge < -0.3 is 5.73 Å². The highest BCUT2D eigenvalue weighted by Crippen LogP contribution is 2.30. The van der Waals surface area contributed by atoms with Crippen molar-refractivity contribution in [1.29, 1.82) is 5.26 Å². The van der Waals surface area contributed by atoms with E-state index in [2.05, 4.69) is 0 Å². The van der Waals surface area contributed by atoms with Crippen molar-refractivity contribution < 1.29 is 0 Å². The summed E-state index contributed by atoms with van der Waals surface area (Å²) in [5, 5.41) is 9.48. The molecule has 0 saturated carbocycles. The highest BCUT2D eigenvalue weighted by molar-refractivity contribution is 6.36. The molecule has 4 heteroatoms. The van der Waals surface area contributed by atoms with Gasteiger partial charge in [-0.05, 0) is 12.1 Å². The Morgan fingerprint density at radius 3 is 2.38 bits per heavy atom. The van der Waals surface area contributed by atoms with E-state index in [1.54, 1.807) is 18.2 Å². The summed E-state index contributed by atoms with van der Waals surface area (Å²) in [6.45, 7) is 0. The summed E-state index contributed by atoms with van der Waals surface area (Å²) in [5.41, 5.74) is 6.36. The molecule has 0 bridgehead atoms. The highest BCUT2D eigenvalue weighted by atomic mass is 35.5. The van der Waals surface area contributed by atoms with Crippen LogP contribution in [0.5, 0.6) is 0 Å². The Morgan fingerprint density at radius 1 is 1.38 bits per heavy atom. The molecule has 13 heavy (non-hydrogen) atoms. The average Bonchev–Trinajstić information content (AvgIpc) is 2.04. The lowest BCUT2D eigenvalue weighted by molar-refractivity contribution is 0.749. The first-order valence-corrected chi connectivity index (χ1v) is 4.49. The molecule has 0 unspecified atom stereocenters. The largest absolute Gasteiger partial charge is 0.323 e. The maximum atomic E-state index is 8.46. The minimum absolute atomic E-state index is 0.212. The number of hydrogen-bond acceptors (Lipinski definition) is 2. The summed E-state index contributed by atoms with van der Waals surface area (Å²) in [6, 6.07) is 6.73. The van der Waals surface area contributed by atoms with Crippen LogP contribution in [0.2, 0.25) is 10.0 Å². The lowest BCUT2D eigenvalue weighted by Crippen LogP contribution is -2.10. The van der Waals surface area contributed by atoms with Crippen LogP contribution in [0.4, 0.5) is 0 Å². The molecule has 0 fully saturated rings. The Balaban J connectivity index is 3.06. The molecule has 0 aliphatic carbocycles. The monoisotopic (exact) mass is 214 g/mol. The van der Waals surface area contributed by atoms with E-state index in [4.69, 9.17) is 34.2 Å². The van der Waals surface area contributed by atoms with Crippen LogP contribution in [0.3, 0.4) is 0 Å². The Kier molecular flexibility index (Phi) is 3.56. The third kappa shape index (κ3) is 2.35. The summed E-state index contributed by atoms with van der Waals surface area (Å²) >= 11 is 11.8. The molecule has 1 rings (SSSR count). The SMILES string of the molecule is N#CC[C@H](N)c1c(Cl)cccc1Cl. The van der Waals surface area contributed by atoms with Gasteiger partial charge in [-0.15, -0.1) is 0 Å². The molecule has 2 N–H and O–H groups in total. The summed E-state index contributed by atoms with van der Waals surface area (Å²) in [7, 11) is 0. The van der Waals surface area contributed by atoms with Crippen LogP contribution in [0.1, 0.15) is 18.0 Å². The van der Waals surface area contributed by atoms with Crippen molar-refractivity contribution in [3.05, 3.63) is 33.8 Å². The maximum Gasteiger partial charge on any atom is 0.0641 e. The molecule has 0 aliphatic heterocycles. The zero-order chi connectivity index (χ0) is 9.84. The number of rotatable bonds is 2. The second-order valence-electron chi connectivity index (χ2n) is 2.60. The molecule has 1 atom stereocenters. The third-order valence-electron chi connectivity index (χ3n) is 1.68. The summed E-state index contributed by atoms with van der Waals surface area (Å²) < 4.78 is 0. The topological polar surface area (TPSA) is 49.8 Å². The number of nitrogens with zero attached hydrogens (tertiary/aromatic N) is 1. The second kappa shape index (κ2) is 4.48. The first-order valence-electron chi connectivity index (χ1n) is 3.73. The van der Waals surface area contributed by atoms with Crippen LogP contribution in [0.15, 0.2) is 18.2 Å². The average molecular weight is 215 g/mol. The van der Waals surface area contributed by atoms with Crippen molar-refractivity contribution in [2.75, 3.05) is 0 Å². The predicted octanol–water partition coefficient (Wildman–Crippen LogP) is 2.91. The first kappa shape index (κ1) is 10.3. The molecule has 0 aromatic heterocycles. The van der Waals surface area contributed by atoms with Gasteiger partial charge in [0, 0.05) is 21.7 Å². The van der Waals surface area contributed by atoms with Gasteiger partial charge in [0.1, 0.15) is 0 Å². The van der Waals surface area contributed by atoms with Crippen LogP contribution in [0, 0.1) is 11.3 Å². The van der Waals surface area contributed by atoms with E-state index in [1.165, 1.54) is 0 Å². The van der Waals surface area contributed by atoms with E-state index in [1.807, 2.05) is 6.07 Å². The van der Waals surface area contributed by atoms with E-state index in [9.17, 15) is 0 Å². The van der Waals surface area contributed by atoms with Crippen molar-refractivity contribution >= 4 is 23.2 Å². The van der Waals surface area contributed by atoms with Crippen molar-refractivity contribution in [2.24, 2.45) is 5.73 Å². The molecule has 68 valence electrons. The fourth-order valence-electron chi connectivity index (χ4n) is 1.07. The van der Waals surface area contributed by atoms with Crippen LogP contribution >= 0.6 is 23.2 Å². The van der Waals surface area contributed by atoms with Gasteiger partial charge in [-0.25, -0.2) is 0 Å². The van der Waals surface area contributed by atoms with Gasteiger partial charge in [0.2, 0.25) is 0 Å². The first-order chi connectivity index (χ1) is 6.16. The summed E-state index contributed by atoms with van der Waals surface area (Å²) in [6.07, 6.45) is 0.212. The number of halogens is 2. The van der Waals surface area contributed by atoms with Crippen molar-refractivity contribution in [1.82, 2.24) is 0 Å². The molecule has 2 nitrogen and oxygen atoms in total. The van der Waals surface area contributed by atoms with Crippen LogP contribution in [-0.2, 0) is 0 Å². The van der Waals surface area contributed by atoms with Gasteiger partial charge in [0.15, 0.2) is 0 Å². The van der Waals surface area contributed by atoms with Crippen molar-refractivity contribution in [3.63, 3.8) is 0 Å². The molecule has 0 radical (unpaired) electrons. The lowest BCUT2D eigenvalue weighted by Gasteiger charge is -2.11. The Hall–Kier alpha value is -0.750. The molecule has 0 spiro atoms. The van der Waals surface area contributed by atoms with Crippen LogP contribution < -0.4 is 5.73 Å². The van der Waals surface area contributed by atoms with E-state index in [-0.39, 0.29) is 6.42 Å². The molecule has 1 aromatic carbocycles. The number of hydrogen-bond donors (Lipinski definition) is 1. The van der Waals surface area contributed by atoms with Crippen LogP contribution in [0.25, 0.3) is 0 Å². The summed E-state index contributed by atoms with van der Waals surface area (Å²) in [4.78, 5) is 0. The van der Waals surface area contributed by atoms with Gasteiger partial charge in [0.25, 0.3) is 0 Å². The fraction of sp³-hybridized carbons (Fsp3) is 0.222. The van der Waals surface area contributed by atoms with Crippen LogP contribution in [-0.4, -0.2) is 0 Å². The van der Waals surface area contributed by atoms with E-state index in [0.717, 1.165) is 0 Å². The van der Waals surface area contributed by atoms with E-state index in [0.29, 0.717) is 15.6 Å². The molecular formula is C9H8Cl2N2. The lowest BCUT2D eigenvalue weighted by atomic mass is 10.1. The molecule has 0 saturated heterocycles. The normalized spacial score (nSPS) is 12.2. The molecule has 0 amide bonds. The summed E-state index contributed by atoms with van der Waals surface area (Å²) in [5.74, 6) is 0. The second-order valence-corrected chi connectivity index (χ2v) is 3.42. The minimum Gasteiger partial charge on any atom is -0.323 e. The Labute approximate surface area is 86.9 Å². The van der Waals surface area contributed by atoms with Gasteiger partial charge in [-0.1, -0.05) is 29.3 Å². The standard InChI is InChI=1S/C9H8Cl2N2/c10-6-2-1-3-7(11)9(6)8(13)4-5-12/h1-3,8H,4,13H2/t8-/m0/s1. The smallest absolute Gasteiger partial charge is 0.0641 e. The number of nitrogens with two attached hydrogens (primary N) is 1. The zero-order valence-electron chi connectivity index (χ0n) is 6.80. The van der Waals surface area contributed by atoms with E-state index >= 15 is 0 Å². The molecular weight excluding hydrogens is 207 g/mol. The third-order valence-corrected chi connectivity index (χ3v) is 2.34. The minimum atomic E-state index is -0.411. The molecule has 1 aromatic rings. The quantitative estimate of drug-likeness (QED) is 0.824. The molecule has 0 heterocycles. The Morgan fingerprint density at radius 2 is 1.92 bits per heavy atom. The van der Waals surface area contributed by atoms with E-state index < -0.39 is 6.04 Å². The highest BCUT2D eigenvalue weighted by Gasteiger charge is 2.12. The van der Waals surface area contributed by atoms with Gasteiger partial charge >= 0.3 is 0 Å². The zero-order valence-corrected chi connectivity index (χ0v) is 8.31. The van der Waals surface area contributed by atoms with Crippen molar-refractivity contribution in [3.8, 4) is 6.07 Å². The van der Waals surface area contributed by atoms with Gasteiger partial charge in [-0.2, -0.15) is 5.26 Å². The number of nitriles is 1.